The van der Waals surface area contributed by atoms with E-state index in [2.05, 4.69) is 52.8 Å². The van der Waals surface area contributed by atoms with Gasteiger partial charge in [0.2, 0.25) is 0 Å². The van der Waals surface area contributed by atoms with Crippen LogP contribution >= 0.6 is 21.6 Å². The number of carbonyl (C=O) groups is 1. The second-order valence-corrected chi connectivity index (χ2v) is 21.5. The minimum absolute atomic E-state index is 0.0644. The first-order valence-electron chi connectivity index (χ1n) is 22.7. The first kappa shape index (κ1) is 41.1. The number of phenolic OH excluding ortho intramolecular Hbond substituents is 2. The predicted molar refractivity (Wildman–Crippen MR) is 248 cm³/mol. The van der Waals surface area contributed by atoms with Gasteiger partial charge in [0.15, 0.2) is 11.5 Å². The van der Waals surface area contributed by atoms with E-state index in [1.54, 1.807) is 13.2 Å². The lowest BCUT2D eigenvalue weighted by atomic mass is 9.65. The fourth-order valence-electron chi connectivity index (χ4n) is 12.2. The lowest BCUT2D eigenvalue weighted by Gasteiger charge is -2.39. The number of hydrogen-bond donors (Lipinski definition) is 5. The summed E-state index contributed by atoms with van der Waals surface area (Å²) >= 11 is 0. The minimum atomic E-state index is -0.610. The molecule has 11 rings (SSSR count). The van der Waals surface area contributed by atoms with Crippen molar-refractivity contribution in [3.8, 4) is 51.7 Å². The number of allylic oxidation sites excluding steroid dienone is 3. The van der Waals surface area contributed by atoms with Crippen molar-refractivity contribution in [2.24, 2.45) is 17.6 Å². The van der Waals surface area contributed by atoms with E-state index in [0.717, 1.165) is 112 Å². The van der Waals surface area contributed by atoms with E-state index in [-0.39, 0.29) is 53.7 Å². The lowest BCUT2D eigenvalue weighted by molar-refractivity contribution is -0.141. The van der Waals surface area contributed by atoms with Crippen molar-refractivity contribution in [1.82, 2.24) is 10.6 Å². The molecule has 9 unspecified atom stereocenters. The van der Waals surface area contributed by atoms with Gasteiger partial charge in [-0.3, -0.25) is 4.79 Å². The zero-order chi connectivity index (χ0) is 43.0. The van der Waals surface area contributed by atoms with Crippen LogP contribution in [0.25, 0.3) is 17.2 Å². The highest BCUT2D eigenvalue weighted by Crippen LogP contribution is 2.63. The Morgan fingerprint density at radius 3 is 2.79 bits per heavy atom. The van der Waals surface area contributed by atoms with Crippen LogP contribution in [0, 0.1) is 23.7 Å². The Bertz CT molecular complexity index is 2540. The van der Waals surface area contributed by atoms with Crippen molar-refractivity contribution >= 4 is 33.6 Å². The molecule has 328 valence electrons. The second kappa shape index (κ2) is 16.4. The third-order valence-corrected chi connectivity index (χ3v) is 17.5. The Kier molecular flexibility index (Phi) is 10.7. The molecule has 3 aromatic carbocycles. The van der Waals surface area contributed by atoms with Crippen LogP contribution in [0.4, 0.5) is 0 Å². The highest BCUT2D eigenvalue weighted by molar-refractivity contribution is 8.76. The third kappa shape index (κ3) is 7.37. The molecule has 63 heavy (non-hydrogen) atoms. The van der Waals surface area contributed by atoms with Crippen LogP contribution in [0.1, 0.15) is 104 Å². The zero-order valence-electron chi connectivity index (χ0n) is 35.8. The molecule has 8 aliphatic rings. The number of ether oxygens (including phenoxy) is 4. The van der Waals surface area contributed by atoms with E-state index in [0.29, 0.717) is 42.2 Å². The molecule has 0 radical (unpaired) electrons. The number of aromatic hydroxyl groups is 2. The number of methoxy groups -OCH3 is 1. The van der Waals surface area contributed by atoms with Gasteiger partial charge in [0.1, 0.15) is 36.1 Å². The van der Waals surface area contributed by atoms with E-state index >= 15 is 0 Å². The molecule has 3 fully saturated rings. The predicted octanol–water partition coefficient (Wildman–Crippen LogP) is 8.48. The van der Waals surface area contributed by atoms with E-state index in [4.69, 9.17) is 24.7 Å². The van der Waals surface area contributed by atoms with Crippen LogP contribution in [0.5, 0.6) is 28.7 Å². The highest BCUT2D eigenvalue weighted by Gasteiger charge is 2.51. The number of rotatable bonds is 3. The van der Waals surface area contributed by atoms with Gasteiger partial charge in [-0.25, -0.2) is 0 Å². The van der Waals surface area contributed by atoms with E-state index in [1.807, 2.05) is 39.8 Å². The van der Waals surface area contributed by atoms with Gasteiger partial charge in [-0.1, -0.05) is 64.3 Å². The summed E-state index contributed by atoms with van der Waals surface area (Å²) in [5.74, 6) is 11.3. The van der Waals surface area contributed by atoms with E-state index in [9.17, 15) is 15.0 Å². The van der Waals surface area contributed by atoms with Gasteiger partial charge in [0.05, 0.1) is 30.9 Å². The van der Waals surface area contributed by atoms with Crippen LogP contribution in [-0.2, 0) is 27.8 Å². The summed E-state index contributed by atoms with van der Waals surface area (Å²) in [5.41, 5.74) is 15.8. The van der Waals surface area contributed by atoms with Crippen molar-refractivity contribution in [2.45, 2.75) is 113 Å². The van der Waals surface area contributed by atoms with Gasteiger partial charge in [-0.15, -0.1) is 0 Å². The average molecular weight is 886 g/mol. The SMILES string of the molecule is COc1cc(O)cc2c1-c1ccc3c4c1C1(CCC(CC5=C(C#CCc6cc(O)c7c(c6C(O4)C3COC(C)=O)C=CC3NC4CCCC(CSSCC3O7)C4)NC(N)C=C5)C1)C2. The largest absolute Gasteiger partial charge is 0.508 e. The fourth-order valence-corrected chi connectivity index (χ4v) is 14.9. The molecule has 5 heterocycles. The van der Waals surface area contributed by atoms with Gasteiger partial charge in [-0.05, 0) is 110 Å². The summed E-state index contributed by atoms with van der Waals surface area (Å²) in [6.45, 7) is 1.56. The van der Waals surface area contributed by atoms with Crippen LogP contribution in [-0.4, -0.2) is 65.8 Å². The molecular formula is C51H55N3O7S2. The van der Waals surface area contributed by atoms with Crippen molar-refractivity contribution < 1.29 is 34.0 Å². The standard InChI is InChI=1S/C51H55N3O7S2/c1-27(55)59-24-38-35-10-11-36-45-32(19-34(56)21-42(45)58-2)23-51-16-15-28(22-51)17-30-9-14-44(52)54-39(30)8-4-6-31-20-41(57)48-37(46(31)49(38)61-50(35)47(36)51)12-13-40-43(60-48)26-63-62-25-29-5-3-7-33(18-29)53-40/h9-14,19-21,28-29,33,38,40,43-44,49,53-54,56-57H,3,5-7,15-18,22-26,52H2,1-2H3. The first-order valence-corrected chi connectivity index (χ1v) is 25.2. The number of benzene rings is 3. The van der Waals surface area contributed by atoms with Crippen LogP contribution in [0.2, 0.25) is 0 Å². The molecule has 0 aromatic heterocycles. The van der Waals surface area contributed by atoms with Crippen molar-refractivity contribution in [2.75, 3.05) is 25.2 Å². The van der Waals surface area contributed by atoms with Crippen LogP contribution < -0.4 is 30.6 Å². The summed E-state index contributed by atoms with van der Waals surface area (Å²) in [6.07, 6.45) is 16.8. The van der Waals surface area contributed by atoms with Gasteiger partial charge in [0, 0.05) is 70.2 Å². The van der Waals surface area contributed by atoms with Gasteiger partial charge < -0.3 is 45.5 Å². The van der Waals surface area contributed by atoms with Gasteiger partial charge in [0.25, 0.3) is 0 Å². The summed E-state index contributed by atoms with van der Waals surface area (Å²) in [4.78, 5) is 12.7. The molecular weight excluding hydrogens is 831 g/mol. The Hall–Kier alpha value is -4.67. The van der Waals surface area contributed by atoms with Crippen molar-refractivity contribution in [1.29, 1.82) is 0 Å². The third-order valence-electron chi connectivity index (χ3n) is 14.9. The topological polar surface area (TPSA) is 145 Å². The molecule has 0 amide bonds. The maximum Gasteiger partial charge on any atom is 0.302 e. The molecule has 9 atom stereocenters. The van der Waals surface area contributed by atoms with E-state index in [1.165, 1.54) is 19.8 Å². The number of nitrogens with one attached hydrogen (secondary N) is 2. The Labute approximate surface area is 377 Å². The van der Waals surface area contributed by atoms with Crippen LogP contribution in [0.3, 0.4) is 0 Å². The quantitative estimate of drug-likeness (QED) is 0.0978. The van der Waals surface area contributed by atoms with Crippen LogP contribution in [0.15, 0.2) is 59.8 Å². The Balaban J connectivity index is 1.13. The molecule has 1 saturated heterocycles. The molecule has 10 nitrogen and oxygen atoms in total. The molecule has 3 aromatic rings. The monoisotopic (exact) mass is 885 g/mol. The molecule has 6 N–H and O–H groups in total. The number of hydrogen-bond acceptors (Lipinski definition) is 12. The smallest absolute Gasteiger partial charge is 0.302 e. The van der Waals surface area contributed by atoms with Gasteiger partial charge >= 0.3 is 5.97 Å². The molecule has 2 saturated carbocycles. The lowest BCUT2D eigenvalue weighted by Crippen LogP contribution is -2.49. The van der Waals surface area contributed by atoms with E-state index < -0.39 is 6.10 Å². The summed E-state index contributed by atoms with van der Waals surface area (Å²) in [6, 6.07) is 10.1. The molecule has 12 heteroatoms. The summed E-state index contributed by atoms with van der Waals surface area (Å²) in [7, 11) is 5.45. The number of phenols is 2. The molecule has 1 spiro atoms. The number of dihydropyridines is 1. The normalized spacial score (nSPS) is 31.0. The maximum atomic E-state index is 12.7. The molecule has 5 aliphatic heterocycles. The van der Waals surface area contributed by atoms with Gasteiger partial charge in [-0.2, -0.15) is 0 Å². The summed E-state index contributed by atoms with van der Waals surface area (Å²) in [5, 5.41) is 30.5. The first-order chi connectivity index (χ1) is 30.6. The van der Waals surface area contributed by atoms with Crippen molar-refractivity contribution in [3.63, 3.8) is 0 Å². The number of esters is 1. The maximum absolute atomic E-state index is 12.7. The minimum Gasteiger partial charge on any atom is -0.508 e. The molecule has 3 aliphatic carbocycles. The average Bonchev–Trinajstić information content (AvgIpc) is 3.77. The zero-order valence-corrected chi connectivity index (χ0v) is 37.5. The number of carbonyl (C=O) groups excluding carboxylic acids is 1. The highest BCUT2D eigenvalue weighted by atomic mass is 33.1. The second-order valence-electron chi connectivity index (χ2n) is 18.9. The van der Waals surface area contributed by atoms with Crippen molar-refractivity contribution in [3.05, 3.63) is 93.2 Å². The summed E-state index contributed by atoms with van der Waals surface area (Å²) < 4.78 is 26.6. The molecule has 6 bridgehead atoms. The fraction of sp³-hybridized carbons (Fsp3) is 0.471. The number of fused-ring (bicyclic) bond motifs is 11. The Morgan fingerprint density at radius 2 is 1.92 bits per heavy atom. The Morgan fingerprint density at radius 1 is 1.03 bits per heavy atom. The number of nitrogens with two attached hydrogens (primary N) is 1.